The molecule has 0 radical (unpaired) electrons. The molecule has 1 saturated carbocycles. The summed E-state index contributed by atoms with van der Waals surface area (Å²) in [5, 5.41) is 9.20. The summed E-state index contributed by atoms with van der Waals surface area (Å²) in [6.07, 6.45) is 1.95. The maximum absolute atomic E-state index is 13.7. The second-order valence-electron chi connectivity index (χ2n) is 5.83. The van der Waals surface area contributed by atoms with Gasteiger partial charge in [-0.3, -0.25) is 0 Å². The number of carboxylic acid groups (broad SMARTS) is 1. The van der Waals surface area contributed by atoms with Gasteiger partial charge in [0.2, 0.25) is 0 Å². The van der Waals surface area contributed by atoms with Crippen LogP contribution in [0, 0.1) is 5.82 Å². The summed E-state index contributed by atoms with van der Waals surface area (Å²) in [6, 6.07) is 7.94. The molecule has 1 aliphatic heterocycles. The fraction of sp³-hybridized carbons (Fsp3) is 0.250. The van der Waals surface area contributed by atoms with Crippen LogP contribution in [0.1, 0.15) is 29.0 Å². The van der Waals surface area contributed by atoms with Crippen molar-refractivity contribution in [3.8, 4) is 0 Å². The molecule has 1 fully saturated rings. The summed E-state index contributed by atoms with van der Waals surface area (Å²) in [5.41, 5.74) is 2.33. The van der Waals surface area contributed by atoms with Crippen molar-refractivity contribution in [2.75, 3.05) is 11.4 Å². The third kappa shape index (κ3) is 1.89. The monoisotopic (exact) mass is 318 g/mol. The van der Waals surface area contributed by atoms with E-state index >= 15 is 0 Å². The fourth-order valence-electron chi connectivity index (χ4n) is 3.07. The lowest BCUT2D eigenvalue weighted by molar-refractivity contribution is 0.0690. The minimum absolute atomic E-state index is 0.0501. The zero-order valence-electron chi connectivity index (χ0n) is 11.5. The molecule has 1 aromatic heterocycles. The number of aromatic nitrogens is 1. The van der Waals surface area contributed by atoms with Gasteiger partial charge in [0.1, 0.15) is 11.5 Å². The standard InChI is InChI=1S/C16H12ClFN2O2/c17-10-2-1-9(7-11(10)18)20-8-16(5-6-16)14-13(20)4-3-12(19-14)15(21)22/h1-4,7H,5-6,8H2,(H,21,22). The van der Waals surface area contributed by atoms with Crippen LogP contribution in [0.5, 0.6) is 0 Å². The molecule has 6 heteroatoms. The smallest absolute Gasteiger partial charge is 0.354 e. The topological polar surface area (TPSA) is 53.4 Å². The number of hydrogen-bond donors (Lipinski definition) is 1. The second-order valence-corrected chi connectivity index (χ2v) is 6.24. The molecule has 2 aliphatic rings. The normalized spacial score (nSPS) is 17.6. The quantitative estimate of drug-likeness (QED) is 0.916. The van der Waals surface area contributed by atoms with Crippen LogP contribution in [0.4, 0.5) is 15.8 Å². The number of carbonyl (C=O) groups is 1. The zero-order valence-corrected chi connectivity index (χ0v) is 12.3. The molecule has 1 N–H and O–H groups in total. The van der Waals surface area contributed by atoms with E-state index in [9.17, 15) is 9.18 Å². The average Bonchev–Trinajstić information content (AvgIpc) is 3.20. The highest BCUT2D eigenvalue weighted by Gasteiger charge is 2.53. The van der Waals surface area contributed by atoms with E-state index in [0.29, 0.717) is 12.2 Å². The van der Waals surface area contributed by atoms with Crippen molar-refractivity contribution in [3.63, 3.8) is 0 Å². The maximum atomic E-state index is 13.7. The molecule has 0 amide bonds. The van der Waals surface area contributed by atoms with Crippen molar-refractivity contribution in [2.45, 2.75) is 18.3 Å². The number of fused-ring (bicyclic) bond motifs is 2. The van der Waals surface area contributed by atoms with E-state index in [2.05, 4.69) is 4.98 Å². The average molecular weight is 319 g/mol. The highest BCUT2D eigenvalue weighted by Crippen LogP contribution is 2.57. The Bertz CT molecular complexity index is 805. The van der Waals surface area contributed by atoms with Gasteiger partial charge in [0.05, 0.1) is 16.4 Å². The lowest BCUT2D eigenvalue weighted by atomic mass is 10.0. The van der Waals surface area contributed by atoms with E-state index in [4.69, 9.17) is 16.7 Å². The molecule has 112 valence electrons. The molecule has 0 saturated heterocycles. The van der Waals surface area contributed by atoms with Gasteiger partial charge in [0.15, 0.2) is 0 Å². The number of hydrogen-bond acceptors (Lipinski definition) is 3. The van der Waals surface area contributed by atoms with Gasteiger partial charge >= 0.3 is 5.97 Å². The van der Waals surface area contributed by atoms with Crippen molar-refractivity contribution in [1.29, 1.82) is 0 Å². The number of nitrogens with zero attached hydrogens (tertiary/aromatic N) is 2. The molecule has 22 heavy (non-hydrogen) atoms. The number of rotatable bonds is 2. The Morgan fingerprint density at radius 1 is 1.32 bits per heavy atom. The van der Waals surface area contributed by atoms with Crippen LogP contribution in [0.25, 0.3) is 0 Å². The summed E-state index contributed by atoms with van der Waals surface area (Å²) in [4.78, 5) is 17.4. The van der Waals surface area contributed by atoms with Crippen molar-refractivity contribution in [3.05, 3.63) is 52.6 Å². The van der Waals surface area contributed by atoms with Crippen LogP contribution in [-0.4, -0.2) is 22.6 Å². The van der Waals surface area contributed by atoms with Gasteiger partial charge in [-0.2, -0.15) is 0 Å². The molecule has 1 aromatic carbocycles. The number of carboxylic acids is 1. The van der Waals surface area contributed by atoms with Crippen LogP contribution in [0.15, 0.2) is 30.3 Å². The molecule has 2 aromatic rings. The first-order valence-electron chi connectivity index (χ1n) is 6.98. The van der Waals surface area contributed by atoms with Gasteiger partial charge in [-0.25, -0.2) is 14.2 Å². The summed E-state index contributed by atoms with van der Waals surface area (Å²) < 4.78 is 13.7. The Morgan fingerprint density at radius 3 is 2.73 bits per heavy atom. The predicted molar refractivity (Wildman–Crippen MR) is 80.5 cm³/mol. The number of halogens is 2. The minimum Gasteiger partial charge on any atom is -0.477 e. The highest BCUT2D eigenvalue weighted by atomic mass is 35.5. The first-order chi connectivity index (χ1) is 10.5. The third-order valence-corrected chi connectivity index (χ3v) is 4.72. The van der Waals surface area contributed by atoms with E-state index in [0.717, 1.165) is 24.2 Å². The Kier molecular flexibility index (Phi) is 2.72. The second kappa shape index (κ2) is 4.43. The minimum atomic E-state index is -1.03. The van der Waals surface area contributed by atoms with Gasteiger partial charge in [0.25, 0.3) is 0 Å². The van der Waals surface area contributed by atoms with Crippen molar-refractivity contribution in [1.82, 2.24) is 4.98 Å². The molecule has 2 heterocycles. The number of aromatic carboxylic acids is 1. The number of benzene rings is 1. The van der Waals surface area contributed by atoms with E-state index < -0.39 is 11.8 Å². The SMILES string of the molecule is O=C(O)c1ccc2c(n1)C1(CC1)CN2c1ccc(Cl)c(F)c1. The molecular formula is C16H12ClFN2O2. The summed E-state index contributed by atoms with van der Waals surface area (Å²) in [5.74, 6) is -1.50. The Morgan fingerprint density at radius 2 is 2.09 bits per heavy atom. The summed E-state index contributed by atoms with van der Waals surface area (Å²) in [6.45, 7) is 0.694. The molecule has 1 aliphatic carbocycles. The molecule has 4 nitrogen and oxygen atoms in total. The van der Waals surface area contributed by atoms with Crippen LogP contribution < -0.4 is 4.90 Å². The van der Waals surface area contributed by atoms with E-state index in [1.54, 1.807) is 12.1 Å². The third-order valence-electron chi connectivity index (χ3n) is 4.42. The maximum Gasteiger partial charge on any atom is 0.354 e. The van der Waals surface area contributed by atoms with Gasteiger partial charge in [-0.05, 0) is 43.2 Å². The lowest BCUT2D eigenvalue weighted by Gasteiger charge is -2.20. The van der Waals surface area contributed by atoms with Gasteiger partial charge in [-0.15, -0.1) is 0 Å². The molecule has 1 spiro atoms. The van der Waals surface area contributed by atoms with Crippen molar-refractivity contribution < 1.29 is 14.3 Å². The van der Waals surface area contributed by atoms with Crippen LogP contribution in [0.2, 0.25) is 5.02 Å². The van der Waals surface area contributed by atoms with Gasteiger partial charge < -0.3 is 10.0 Å². The molecule has 4 rings (SSSR count). The lowest BCUT2D eigenvalue weighted by Crippen LogP contribution is -2.19. The first-order valence-corrected chi connectivity index (χ1v) is 7.35. The first kappa shape index (κ1) is 13.5. The van der Waals surface area contributed by atoms with Crippen molar-refractivity contribution in [2.24, 2.45) is 0 Å². The van der Waals surface area contributed by atoms with E-state index in [1.807, 2.05) is 4.90 Å². The van der Waals surface area contributed by atoms with Crippen LogP contribution >= 0.6 is 11.6 Å². The fourth-order valence-corrected chi connectivity index (χ4v) is 3.19. The molecular weight excluding hydrogens is 307 g/mol. The van der Waals surface area contributed by atoms with Gasteiger partial charge in [-0.1, -0.05) is 11.6 Å². The molecule has 0 atom stereocenters. The van der Waals surface area contributed by atoms with Crippen molar-refractivity contribution >= 4 is 28.9 Å². The largest absolute Gasteiger partial charge is 0.477 e. The summed E-state index contributed by atoms with van der Waals surface area (Å²) >= 11 is 5.74. The predicted octanol–water partition coefficient (Wildman–Crippen LogP) is 3.76. The summed E-state index contributed by atoms with van der Waals surface area (Å²) in [7, 11) is 0. The molecule has 0 bridgehead atoms. The zero-order chi connectivity index (χ0) is 15.5. The van der Waals surface area contributed by atoms with E-state index in [-0.39, 0.29) is 16.1 Å². The Labute approximate surface area is 131 Å². The highest BCUT2D eigenvalue weighted by molar-refractivity contribution is 6.30. The van der Waals surface area contributed by atoms with E-state index in [1.165, 1.54) is 18.2 Å². The number of pyridine rings is 1. The van der Waals surface area contributed by atoms with Crippen LogP contribution in [-0.2, 0) is 5.41 Å². The molecule has 0 unspecified atom stereocenters. The Balaban J connectivity index is 1.82. The van der Waals surface area contributed by atoms with Gasteiger partial charge in [0, 0.05) is 17.6 Å². The Hall–Kier alpha value is -2.14. The van der Waals surface area contributed by atoms with Crippen LogP contribution in [0.3, 0.4) is 0 Å². The number of anilines is 2.